The first-order valence-corrected chi connectivity index (χ1v) is 6.71. The topological polar surface area (TPSA) is 9.23 Å². The first-order valence-electron chi connectivity index (χ1n) is 6.71. The van der Waals surface area contributed by atoms with Crippen molar-refractivity contribution in [1.82, 2.24) is 0 Å². The second-order valence-corrected chi connectivity index (χ2v) is 4.21. The Morgan fingerprint density at radius 1 is 1.11 bits per heavy atom. The number of rotatable bonds is 4. The van der Waals surface area contributed by atoms with Crippen LogP contribution in [0, 0.1) is 12.8 Å². The van der Waals surface area contributed by atoms with Crippen molar-refractivity contribution in [1.29, 1.82) is 0 Å². The van der Waals surface area contributed by atoms with Crippen molar-refractivity contribution in [3.8, 4) is 5.75 Å². The fourth-order valence-corrected chi connectivity index (χ4v) is 1.22. The third-order valence-corrected chi connectivity index (χ3v) is 2.19. The van der Waals surface area contributed by atoms with Gasteiger partial charge in [-0.05, 0) is 44.1 Å². The number of benzene rings is 1. The standard InChI is InChI=1S/C15H20O.C2H6/c1-5-14(9-6-12(2)3)16-15-10-7-13(4)8-11-15;1-2/h5-12H,1-4H3;1-2H3/b9-6-,14-5+;. The normalized spacial score (nSPS) is 11.4. The van der Waals surface area contributed by atoms with E-state index in [0.717, 1.165) is 11.5 Å². The SMILES string of the molecule is C/C=C(\C=C/C(C)C)Oc1ccc(C)cc1.CC. The average molecular weight is 246 g/mol. The lowest BCUT2D eigenvalue weighted by Crippen LogP contribution is -1.92. The Kier molecular flexibility index (Phi) is 8.73. The van der Waals surface area contributed by atoms with E-state index in [9.17, 15) is 0 Å². The molecular weight excluding hydrogens is 220 g/mol. The minimum absolute atomic E-state index is 0.538. The smallest absolute Gasteiger partial charge is 0.127 e. The number of allylic oxidation sites excluding steroid dienone is 3. The highest BCUT2D eigenvalue weighted by Crippen LogP contribution is 2.15. The molecule has 1 aromatic rings. The molecule has 18 heavy (non-hydrogen) atoms. The van der Waals surface area contributed by atoms with Gasteiger partial charge in [-0.2, -0.15) is 0 Å². The van der Waals surface area contributed by atoms with Gasteiger partial charge < -0.3 is 4.74 Å². The molecule has 0 N–H and O–H groups in total. The molecule has 0 saturated carbocycles. The lowest BCUT2D eigenvalue weighted by atomic mass is 10.2. The summed E-state index contributed by atoms with van der Waals surface area (Å²) in [7, 11) is 0. The van der Waals surface area contributed by atoms with E-state index in [1.165, 1.54) is 5.56 Å². The van der Waals surface area contributed by atoms with Crippen LogP contribution in [0.2, 0.25) is 0 Å². The Morgan fingerprint density at radius 3 is 2.11 bits per heavy atom. The molecule has 0 aromatic heterocycles. The van der Waals surface area contributed by atoms with Crippen LogP contribution in [0.5, 0.6) is 5.75 Å². The number of hydrogen-bond donors (Lipinski definition) is 0. The zero-order valence-corrected chi connectivity index (χ0v) is 12.5. The zero-order chi connectivity index (χ0) is 14.0. The highest BCUT2D eigenvalue weighted by molar-refractivity contribution is 5.29. The van der Waals surface area contributed by atoms with Crippen LogP contribution < -0.4 is 4.74 Å². The van der Waals surface area contributed by atoms with E-state index in [2.05, 4.69) is 39.0 Å². The van der Waals surface area contributed by atoms with Crippen LogP contribution in [0.25, 0.3) is 0 Å². The molecule has 0 fully saturated rings. The summed E-state index contributed by atoms with van der Waals surface area (Å²) in [6.45, 7) is 12.3. The van der Waals surface area contributed by atoms with Gasteiger partial charge in [-0.3, -0.25) is 0 Å². The molecule has 0 aliphatic carbocycles. The van der Waals surface area contributed by atoms with Crippen LogP contribution in [-0.4, -0.2) is 0 Å². The van der Waals surface area contributed by atoms with Gasteiger partial charge in [0.05, 0.1) is 0 Å². The van der Waals surface area contributed by atoms with E-state index in [0.29, 0.717) is 5.92 Å². The molecule has 1 aromatic carbocycles. The molecule has 1 heteroatoms. The Balaban J connectivity index is 0.00000137. The number of ether oxygens (including phenoxy) is 1. The minimum Gasteiger partial charge on any atom is -0.458 e. The maximum absolute atomic E-state index is 5.74. The fraction of sp³-hybridized carbons (Fsp3) is 0.412. The summed E-state index contributed by atoms with van der Waals surface area (Å²) < 4.78 is 5.74. The molecule has 0 aliphatic heterocycles. The average Bonchev–Trinajstić information content (AvgIpc) is 2.39. The van der Waals surface area contributed by atoms with Gasteiger partial charge in [0.2, 0.25) is 0 Å². The van der Waals surface area contributed by atoms with Crippen LogP contribution in [0.15, 0.2) is 48.3 Å². The van der Waals surface area contributed by atoms with E-state index in [4.69, 9.17) is 4.74 Å². The van der Waals surface area contributed by atoms with Crippen LogP contribution in [-0.2, 0) is 0 Å². The van der Waals surface area contributed by atoms with Crippen LogP contribution >= 0.6 is 0 Å². The lowest BCUT2D eigenvalue weighted by Gasteiger charge is -2.06. The molecule has 0 heterocycles. The predicted molar refractivity (Wildman–Crippen MR) is 80.9 cm³/mol. The van der Waals surface area contributed by atoms with Crippen molar-refractivity contribution in [3.05, 3.63) is 53.8 Å². The molecule has 0 aliphatic rings. The second kappa shape index (κ2) is 9.52. The second-order valence-electron chi connectivity index (χ2n) is 4.21. The Labute approximate surface area is 112 Å². The van der Waals surface area contributed by atoms with Gasteiger partial charge in [0.1, 0.15) is 11.5 Å². The summed E-state index contributed by atoms with van der Waals surface area (Å²) in [6, 6.07) is 8.08. The summed E-state index contributed by atoms with van der Waals surface area (Å²) in [5.74, 6) is 2.31. The molecule has 1 nitrogen and oxygen atoms in total. The summed E-state index contributed by atoms with van der Waals surface area (Å²) in [5.41, 5.74) is 1.24. The molecule has 100 valence electrons. The van der Waals surface area contributed by atoms with Crippen LogP contribution in [0.1, 0.15) is 40.2 Å². The Hall–Kier alpha value is -1.50. The maximum Gasteiger partial charge on any atom is 0.127 e. The third-order valence-electron chi connectivity index (χ3n) is 2.19. The van der Waals surface area contributed by atoms with Gasteiger partial charge in [0.25, 0.3) is 0 Å². The summed E-state index contributed by atoms with van der Waals surface area (Å²) in [6.07, 6.45) is 6.12. The molecule has 0 atom stereocenters. The summed E-state index contributed by atoms with van der Waals surface area (Å²) in [5, 5.41) is 0. The van der Waals surface area contributed by atoms with Gasteiger partial charge >= 0.3 is 0 Å². The monoisotopic (exact) mass is 246 g/mol. The first-order chi connectivity index (χ1) is 8.61. The van der Waals surface area contributed by atoms with E-state index >= 15 is 0 Å². The Morgan fingerprint density at radius 2 is 1.67 bits per heavy atom. The highest BCUT2D eigenvalue weighted by atomic mass is 16.5. The molecule has 0 spiro atoms. The van der Waals surface area contributed by atoms with E-state index in [1.54, 1.807) is 0 Å². The van der Waals surface area contributed by atoms with Gasteiger partial charge in [-0.1, -0.05) is 51.5 Å². The first kappa shape index (κ1) is 16.5. The van der Waals surface area contributed by atoms with Crippen molar-refractivity contribution in [3.63, 3.8) is 0 Å². The van der Waals surface area contributed by atoms with Crippen molar-refractivity contribution < 1.29 is 4.74 Å². The van der Waals surface area contributed by atoms with E-state index in [1.807, 2.05) is 45.1 Å². The molecule has 1 rings (SSSR count). The Bertz CT molecular complexity index is 369. The lowest BCUT2D eigenvalue weighted by molar-refractivity contribution is 0.442. The fourth-order valence-electron chi connectivity index (χ4n) is 1.22. The van der Waals surface area contributed by atoms with Crippen molar-refractivity contribution in [2.24, 2.45) is 5.92 Å². The number of aryl methyl sites for hydroxylation is 1. The zero-order valence-electron chi connectivity index (χ0n) is 12.5. The van der Waals surface area contributed by atoms with Gasteiger partial charge in [-0.15, -0.1) is 0 Å². The predicted octanol–water partition coefficient (Wildman–Crippen LogP) is 5.52. The van der Waals surface area contributed by atoms with Crippen molar-refractivity contribution >= 4 is 0 Å². The molecule has 0 radical (unpaired) electrons. The quantitative estimate of drug-likeness (QED) is 0.502. The third kappa shape index (κ3) is 6.95. The van der Waals surface area contributed by atoms with Crippen molar-refractivity contribution in [2.45, 2.75) is 41.5 Å². The number of hydrogen-bond acceptors (Lipinski definition) is 1. The summed E-state index contributed by atoms with van der Waals surface area (Å²) in [4.78, 5) is 0. The maximum atomic E-state index is 5.74. The molecule has 0 unspecified atom stereocenters. The van der Waals surface area contributed by atoms with Crippen LogP contribution in [0.4, 0.5) is 0 Å². The molecular formula is C17H26O. The highest BCUT2D eigenvalue weighted by Gasteiger charge is 1.96. The largest absolute Gasteiger partial charge is 0.458 e. The van der Waals surface area contributed by atoms with E-state index in [-0.39, 0.29) is 0 Å². The molecule has 0 bridgehead atoms. The van der Waals surface area contributed by atoms with Crippen LogP contribution in [0.3, 0.4) is 0 Å². The minimum atomic E-state index is 0.538. The van der Waals surface area contributed by atoms with E-state index < -0.39 is 0 Å². The van der Waals surface area contributed by atoms with Crippen molar-refractivity contribution in [2.75, 3.05) is 0 Å². The molecule has 0 saturated heterocycles. The van der Waals surface area contributed by atoms with Gasteiger partial charge in [0, 0.05) is 0 Å². The summed E-state index contributed by atoms with van der Waals surface area (Å²) >= 11 is 0. The van der Waals surface area contributed by atoms with Gasteiger partial charge in [-0.25, -0.2) is 0 Å². The van der Waals surface area contributed by atoms with Gasteiger partial charge in [0.15, 0.2) is 0 Å². The molecule has 0 amide bonds.